The van der Waals surface area contributed by atoms with Gasteiger partial charge in [0.2, 0.25) is 11.8 Å². The molecule has 0 N–H and O–H groups in total. The smallest absolute Gasteiger partial charge is 0.254 e. The van der Waals surface area contributed by atoms with E-state index in [9.17, 15) is 14.4 Å². The third kappa shape index (κ3) is 5.22. The molecule has 2 aromatic rings. The van der Waals surface area contributed by atoms with Gasteiger partial charge in [0, 0.05) is 50.2 Å². The quantitative estimate of drug-likeness (QED) is 0.687. The standard InChI is InChI=1S/C26H30ClN3O3/c1-18-4-3-5-21(16-18)24-11-8-22(25(32)29-14-12-28(13-15-29)19(2)31)17-30(24)26(33)20-6-9-23(27)10-7-20/h3-7,9-10,16,22,24H,8,11-15,17H2,1-2H3/t22-,24-/m1/s1. The summed E-state index contributed by atoms with van der Waals surface area (Å²) in [7, 11) is 0. The van der Waals surface area contributed by atoms with Crippen molar-refractivity contribution >= 4 is 29.3 Å². The van der Waals surface area contributed by atoms with E-state index in [1.807, 2.05) is 28.9 Å². The summed E-state index contributed by atoms with van der Waals surface area (Å²) in [6.45, 7) is 6.20. The number of nitrogens with zero attached hydrogens (tertiary/aromatic N) is 3. The first-order valence-electron chi connectivity index (χ1n) is 11.5. The maximum atomic E-state index is 13.6. The van der Waals surface area contributed by atoms with Crippen LogP contribution in [0.5, 0.6) is 0 Å². The van der Waals surface area contributed by atoms with Gasteiger partial charge in [0.25, 0.3) is 5.91 Å². The van der Waals surface area contributed by atoms with Crippen LogP contribution in [-0.4, -0.2) is 65.1 Å². The van der Waals surface area contributed by atoms with Gasteiger partial charge in [0.05, 0.1) is 12.0 Å². The monoisotopic (exact) mass is 467 g/mol. The molecule has 2 aromatic carbocycles. The van der Waals surface area contributed by atoms with E-state index >= 15 is 0 Å². The van der Waals surface area contributed by atoms with Gasteiger partial charge >= 0.3 is 0 Å². The zero-order valence-electron chi connectivity index (χ0n) is 19.2. The van der Waals surface area contributed by atoms with Gasteiger partial charge in [-0.2, -0.15) is 0 Å². The van der Waals surface area contributed by atoms with E-state index in [1.54, 1.807) is 36.1 Å². The van der Waals surface area contributed by atoms with Crippen molar-refractivity contribution in [1.82, 2.24) is 14.7 Å². The number of hydrogen-bond acceptors (Lipinski definition) is 3. The minimum Gasteiger partial charge on any atom is -0.339 e. The third-order valence-electron chi connectivity index (χ3n) is 6.75. The number of piperidine rings is 1. The first-order valence-corrected chi connectivity index (χ1v) is 11.9. The molecule has 3 amide bonds. The van der Waals surface area contributed by atoms with Crippen LogP contribution < -0.4 is 0 Å². The van der Waals surface area contributed by atoms with E-state index in [-0.39, 0.29) is 29.7 Å². The average molecular weight is 468 g/mol. The van der Waals surface area contributed by atoms with Crippen molar-refractivity contribution in [3.8, 4) is 0 Å². The topological polar surface area (TPSA) is 60.9 Å². The Kier molecular flexibility index (Phi) is 7.03. The number of carbonyl (C=O) groups excluding carboxylic acids is 3. The van der Waals surface area contributed by atoms with Gasteiger partial charge in [-0.15, -0.1) is 0 Å². The van der Waals surface area contributed by atoms with Crippen LogP contribution in [0.3, 0.4) is 0 Å². The minimum atomic E-state index is -0.244. The summed E-state index contributed by atoms with van der Waals surface area (Å²) in [4.78, 5) is 44.0. The lowest BCUT2D eigenvalue weighted by Crippen LogP contribution is -2.54. The Labute approximate surface area is 200 Å². The predicted octanol–water partition coefficient (Wildman–Crippen LogP) is 3.93. The van der Waals surface area contributed by atoms with Crippen molar-refractivity contribution in [2.75, 3.05) is 32.7 Å². The van der Waals surface area contributed by atoms with E-state index in [0.717, 1.165) is 24.0 Å². The number of halogens is 1. The van der Waals surface area contributed by atoms with Crippen molar-refractivity contribution in [2.24, 2.45) is 5.92 Å². The Morgan fingerprint density at radius 2 is 1.58 bits per heavy atom. The Morgan fingerprint density at radius 1 is 0.909 bits per heavy atom. The molecule has 2 heterocycles. The van der Waals surface area contributed by atoms with Gasteiger partial charge in [-0.1, -0.05) is 41.4 Å². The number of aryl methyl sites for hydroxylation is 1. The molecule has 0 unspecified atom stereocenters. The summed E-state index contributed by atoms with van der Waals surface area (Å²) in [6, 6.07) is 15.1. The van der Waals surface area contributed by atoms with Crippen molar-refractivity contribution in [1.29, 1.82) is 0 Å². The molecular formula is C26H30ClN3O3. The van der Waals surface area contributed by atoms with E-state index < -0.39 is 0 Å². The lowest BCUT2D eigenvalue weighted by atomic mass is 9.87. The maximum Gasteiger partial charge on any atom is 0.254 e. The number of likely N-dealkylation sites (tertiary alicyclic amines) is 1. The van der Waals surface area contributed by atoms with Gasteiger partial charge in [0.15, 0.2) is 0 Å². The Morgan fingerprint density at radius 3 is 2.21 bits per heavy atom. The molecule has 0 radical (unpaired) electrons. The third-order valence-corrected chi connectivity index (χ3v) is 7.00. The molecule has 174 valence electrons. The number of rotatable bonds is 3. The molecule has 0 saturated carbocycles. The molecule has 2 aliphatic heterocycles. The highest BCUT2D eigenvalue weighted by atomic mass is 35.5. The largest absolute Gasteiger partial charge is 0.339 e. The van der Waals surface area contributed by atoms with Crippen molar-refractivity contribution in [3.63, 3.8) is 0 Å². The molecule has 33 heavy (non-hydrogen) atoms. The second-order valence-corrected chi connectivity index (χ2v) is 9.44. The van der Waals surface area contributed by atoms with Gasteiger partial charge in [-0.3, -0.25) is 14.4 Å². The van der Waals surface area contributed by atoms with Crippen LogP contribution in [0.1, 0.15) is 47.3 Å². The summed E-state index contributed by atoms with van der Waals surface area (Å²) < 4.78 is 0. The van der Waals surface area contributed by atoms with Crippen LogP contribution in [0.15, 0.2) is 48.5 Å². The molecule has 2 fully saturated rings. The van der Waals surface area contributed by atoms with Gasteiger partial charge in [-0.25, -0.2) is 0 Å². The molecule has 2 saturated heterocycles. The van der Waals surface area contributed by atoms with Crippen molar-refractivity contribution in [2.45, 2.75) is 32.7 Å². The first-order chi connectivity index (χ1) is 15.8. The van der Waals surface area contributed by atoms with Crippen LogP contribution in [0.25, 0.3) is 0 Å². The Bertz CT molecular complexity index is 1030. The van der Waals surface area contributed by atoms with E-state index in [1.165, 1.54) is 0 Å². The molecule has 2 atom stereocenters. The molecule has 6 nitrogen and oxygen atoms in total. The van der Waals surface area contributed by atoms with Crippen LogP contribution in [0.2, 0.25) is 5.02 Å². The van der Waals surface area contributed by atoms with Crippen LogP contribution >= 0.6 is 11.6 Å². The van der Waals surface area contributed by atoms with Gasteiger partial charge < -0.3 is 14.7 Å². The predicted molar refractivity (Wildman–Crippen MR) is 128 cm³/mol. The number of hydrogen-bond donors (Lipinski definition) is 0. The molecule has 7 heteroatoms. The molecule has 0 spiro atoms. The van der Waals surface area contributed by atoms with Crippen LogP contribution in [0.4, 0.5) is 0 Å². The van der Waals surface area contributed by atoms with Crippen molar-refractivity contribution in [3.05, 3.63) is 70.2 Å². The average Bonchev–Trinajstić information content (AvgIpc) is 2.83. The normalized spacial score (nSPS) is 21.1. The molecular weight excluding hydrogens is 438 g/mol. The molecule has 2 aliphatic rings. The van der Waals surface area contributed by atoms with Crippen molar-refractivity contribution < 1.29 is 14.4 Å². The van der Waals surface area contributed by atoms with Gasteiger partial charge in [0.1, 0.15) is 0 Å². The lowest BCUT2D eigenvalue weighted by molar-refractivity contribution is -0.142. The molecule has 0 aliphatic carbocycles. The second-order valence-electron chi connectivity index (χ2n) is 9.00. The number of piperazine rings is 1. The molecule has 0 bridgehead atoms. The second kappa shape index (κ2) is 9.96. The van der Waals surface area contributed by atoms with Crippen LogP contribution in [0, 0.1) is 12.8 Å². The highest BCUT2D eigenvalue weighted by Gasteiger charge is 2.38. The van der Waals surface area contributed by atoms with Crippen LogP contribution in [-0.2, 0) is 9.59 Å². The number of amides is 3. The molecule has 4 rings (SSSR count). The zero-order chi connectivity index (χ0) is 23.5. The highest BCUT2D eigenvalue weighted by Crippen LogP contribution is 2.36. The summed E-state index contributed by atoms with van der Waals surface area (Å²) in [5.41, 5.74) is 2.81. The molecule has 0 aromatic heterocycles. The van der Waals surface area contributed by atoms with Gasteiger partial charge in [-0.05, 0) is 49.6 Å². The summed E-state index contributed by atoms with van der Waals surface area (Å²) in [6.07, 6.45) is 1.46. The van der Waals surface area contributed by atoms with E-state index in [0.29, 0.717) is 43.3 Å². The summed E-state index contributed by atoms with van der Waals surface area (Å²) in [5.74, 6) is -0.210. The minimum absolute atomic E-state index is 0.0421. The highest BCUT2D eigenvalue weighted by molar-refractivity contribution is 6.30. The lowest BCUT2D eigenvalue weighted by Gasteiger charge is -2.42. The summed E-state index contributed by atoms with van der Waals surface area (Å²) in [5, 5.41) is 0.582. The number of carbonyl (C=O) groups is 3. The van der Waals surface area contributed by atoms with E-state index in [4.69, 9.17) is 11.6 Å². The fourth-order valence-electron chi connectivity index (χ4n) is 4.88. The SMILES string of the molecule is CC(=O)N1CCN(C(=O)[C@@H]2CC[C@H](c3cccc(C)c3)N(C(=O)c3ccc(Cl)cc3)C2)CC1. The maximum absolute atomic E-state index is 13.6. The number of benzene rings is 2. The zero-order valence-corrected chi connectivity index (χ0v) is 19.9. The Hall–Kier alpha value is -2.86. The fourth-order valence-corrected chi connectivity index (χ4v) is 5.01. The van der Waals surface area contributed by atoms with E-state index in [2.05, 4.69) is 12.1 Å². The fraction of sp³-hybridized carbons (Fsp3) is 0.423. The summed E-state index contributed by atoms with van der Waals surface area (Å²) >= 11 is 6.03. The Balaban J connectivity index is 1.55. The first kappa shape index (κ1) is 23.3.